The molecular weight excluding hydrogens is 283 g/mol. The van der Waals surface area contributed by atoms with Gasteiger partial charge in [0.2, 0.25) is 0 Å². The van der Waals surface area contributed by atoms with Crippen LogP contribution < -0.4 is 5.32 Å². The summed E-state index contributed by atoms with van der Waals surface area (Å²) in [5, 5.41) is 6.57. The molecule has 1 aliphatic rings. The molecule has 1 aromatic heterocycles. The lowest BCUT2D eigenvalue weighted by molar-refractivity contribution is 0.469. The highest BCUT2D eigenvalue weighted by molar-refractivity contribution is 7.13. The van der Waals surface area contributed by atoms with Crippen molar-refractivity contribution in [1.82, 2.24) is 10.3 Å². The first-order valence-corrected chi connectivity index (χ1v) is 8.49. The molecule has 21 heavy (non-hydrogen) atoms. The highest BCUT2D eigenvalue weighted by Crippen LogP contribution is 2.29. The lowest BCUT2D eigenvalue weighted by atomic mass is 10.1. The second-order valence-corrected chi connectivity index (χ2v) is 6.92. The first-order valence-electron chi connectivity index (χ1n) is 7.62. The van der Waals surface area contributed by atoms with Gasteiger partial charge in [0.15, 0.2) is 0 Å². The average molecular weight is 304 g/mol. The van der Waals surface area contributed by atoms with Crippen LogP contribution in [-0.2, 0) is 6.54 Å². The minimum Gasteiger partial charge on any atom is -0.311 e. The summed E-state index contributed by atoms with van der Waals surface area (Å²) in [7, 11) is 0. The maximum Gasteiger partial charge on any atom is 0.123 e. The van der Waals surface area contributed by atoms with Gasteiger partial charge in [0.25, 0.3) is 0 Å². The van der Waals surface area contributed by atoms with E-state index in [0.29, 0.717) is 0 Å². The molecule has 0 radical (unpaired) electrons. The molecule has 0 aliphatic heterocycles. The van der Waals surface area contributed by atoms with Gasteiger partial charge in [-0.25, -0.2) is 9.37 Å². The molecule has 1 heterocycles. The van der Waals surface area contributed by atoms with Gasteiger partial charge in [0, 0.05) is 17.5 Å². The van der Waals surface area contributed by atoms with Crippen LogP contribution in [0.1, 0.15) is 31.9 Å². The molecule has 2 nitrogen and oxygen atoms in total. The van der Waals surface area contributed by atoms with Crippen LogP contribution >= 0.6 is 11.3 Å². The summed E-state index contributed by atoms with van der Waals surface area (Å²) in [6.07, 6.45) is 4.08. The summed E-state index contributed by atoms with van der Waals surface area (Å²) in [6, 6.07) is 6.53. The quantitative estimate of drug-likeness (QED) is 0.881. The third-order valence-electron chi connectivity index (χ3n) is 4.19. The maximum absolute atomic E-state index is 12.9. The summed E-state index contributed by atoms with van der Waals surface area (Å²) in [6.45, 7) is 4.26. The fourth-order valence-electron chi connectivity index (χ4n) is 3.03. The Labute approximate surface area is 129 Å². The molecule has 2 aromatic rings. The topological polar surface area (TPSA) is 24.9 Å². The van der Waals surface area contributed by atoms with Crippen LogP contribution in [0.2, 0.25) is 0 Å². The van der Waals surface area contributed by atoms with E-state index in [1.165, 1.54) is 31.4 Å². The lowest BCUT2D eigenvalue weighted by Crippen LogP contribution is -2.21. The van der Waals surface area contributed by atoms with Gasteiger partial charge in [-0.3, -0.25) is 0 Å². The van der Waals surface area contributed by atoms with Crippen molar-refractivity contribution < 1.29 is 4.39 Å². The number of nitrogens with one attached hydrogen (secondary N) is 1. The van der Waals surface area contributed by atoms with Crippen molar-refractivity contribution >= 4 is 11.3 Å². The Morgan fingerprint density at radius 1 is 1.29 bits per heavy atom. The Kier molecular flexibility index (Phi) is 4.66. The molecule has 0 spiro atoms. The molecule has 2 atom stereocenters. The molecule has 0 amide bonds. The molecule has 3 rings (SSSR count). The van der Waals surface area contributed by atoms with Gasteiger partial charge in [0.1, 0.15) is 10.8 Å². The molecule has 2 unspecified atom stereocenters. The molecule has 4 heteroatoms. The highest BCUT2D eigenvalue weighted by Gasteiger charge is 2.20. The largest absolute Gasteiger partial charge is 0.311 e. The van der Waals surface area contributed by atoms with Gasteiger partial charge >= 0.3 is 0 Å². The van der Waals surface area contributed by atoms with Crippen LogP contribution in [0.3, 0.4) is 0 Å². The van der Waals surface area contributed by atoms with E-state index in [4.69, 9.17) is 0 Å². The smallest absolute Gasteiger partial charge is 0.123 e. The van der Waals surface area contributed by atoms with Crippen LogP contribution in [0.4, 0.5) is 4.39 Å². The fraction of sp³-hybridized carbons (Fsp3) is 0.471. The summed E-state index contributed by atoms with van der Waals surface area (Å²) < 4.78 is 12.9. The van der Waals surface area contributed by atoms with Crippen LogP contribution in [0.15, 0.2) is 29.6 Å². The normalized spacial score (nSPS) is 21.8. The Bertz CT molecular complexity index is 579. The molecule has 0 bridgehead atoms. The van der Waals surface area contributed by atoms with E-state index >= 15 is 0 Å². The summed E-state index contributed by atoms with van der Waals surface area (Å²) in [4.78, 5) is 4.62. The predicted octanol–water partition coefficient (Wildman–Crippen LogP) is 4.48. The van der Waals surface area contributed by atoms with Crippen LogP contribution in [0, 0.1) is 17.7 Å². The number of thiazole rings is 1. The van der Waals surface area contributed by atoms with E-state index in [9.17, 15) is 4.39 Å². The van der Waals surface area contributed by atoms with Gasteiger partial charge < -0.3 is 5.32 Å². The average Bonchev–Trinajstić information content (AvgIpc) is 3.09. The van der Waals surface area contributed by atoms with E-state index in [1.807, 2.05) is 0 Å². The van der Waals surface area contributed by atoms with Crippen molar-refractivity contribution in [2.45, 2.75) is 32.7 Å². The van der Waals surface area contributed by atoms with E-state index in [1.54, 1.807) is 23.5 Å². The number of hydrogen-bond acceptors (Lipinski definition) is 3. The number of hydrogen-bond donors (Lipinski definition) is 1. The molecule has 112 valence electrons. The highest BCUT2D eigenvalue weighted by atomic mass is 32.1. The zero-order valence-electron chi connectivity index (χ0n) is 12.3. The van der Waals surface area contributed by atoms with Crippen molar-refractivity contribution in [2.75, 3.05) is 6.54 Å². The first-order chi connectivity index (χ1) is 10.2. The second kappa shape index (κ2) is 6.67. The third-order valence-corrected chi connectivity index (χ3v) is 5.13. The van der Waals surface area contributed by atoms with Crippen molar-refractivity contribution in [3.05, 3.63) is 41.2 Å². The van der Waals surface area contributed by atoms with E-state index < -0.39 is 0 Å². The number of nitrogens with zero attached hydrogens (tertiary/aromatic N) is 1. The number of aromatic nitrogens is 1. The van der Waals surface area contributed by atoms with E-state index in [0.717, 1.165) is 41.2 Å². The number of rotatable bonds is 5. The minimum absolute atomic E-state index is 0.206. The monoisotopic (exact) mass is 304 g/mol. The van der Waals surface area contributed by atoms with Gasteiger partial charge in [0.05, 0.1) is 5.69 Å². The van der Waals surface area contributed by atoms with Gasteiger partial charge in [-0.2, -0.15) is 0 Å². The zero-order valence-corrected chi connectivity index (χ0v) is 13.1. The maximum atomic E-state index is 12.9. The Morgan fingerprint density at radius 2 is 2.10 bits per heavy atom. The third kappa shape index (κ3) is 3.89. The van der Waals surface area contributed by atoms with Crippen LogP contribution in [0.5, 0.6) is 0 Å². The van der Waals surface area contributed by atoms with Crippen molar-refractivity contribution in [3.63, 3.8) is 0 Å². The predicted molar refractivity (Wildman–Crippen MR) is 85.7 cm³/mol. The summed E-state index contributed by atoms with van der Waals surface area (Å²) in [5.41, 5.74) is 2.06. The molecule has 1 aliphatic carbocycles. The molecule has 1 saturated carbocycles. The lowest BCUT2D eigenvalue weighted by Gasteiger charge is -2.09. The zero-order chi connectivity index (χ0) is 14.7. The summed E-state index contributed by atoms with van der Waals surface area (Å²) in [5.74, 6) is 1.51. The van der Waals surface area contributed by atoms with Crippen LogP contribution in [-0.4, -0.2) is 11.5 Å². The standard InChI is InChI=1S/C17H21FN2S/c1-12-2-3-13(8-12)9-19-10-16-11-21-17(20-16)14-4-6-15(18)7-5-14/h4-7,11-13,19H,2-3,8-10H2,1H3. The summed E-state index contributed by atoms with van der Waals surface area (Å²) >= 11 is 1.62. The van der Waals surface area contributed by atoms with Gasteiger partial charge in [-0.15, -0.1) is 11.3 Å². The molecular formula is C17H21FN2S. The Hall–Kier alpha value is -1.26. The van der Waals surface area contributed by atoms with Crippen molar-refractivity contribution in [3.8, 4) is 10.6 Å². The fourth-order valence-corrected chi connectivity index (χ4v) is 3.85. The SMILES string of the molecule is CC1CCC(CNCc2csc(-c3ccc(F)cc3)n2)C1. The number of halogens is 1. The van der Waals surface area contributed by atoms with Gasteiger partial charge in [-0.1, -0.05) is 13.3 Å². The van der Waals surface area contributed by atoms with Gasteiger partial charge in [-0.05, 0) is 55.5 Å². The Balaban J connectivity index is 1.52. The Morgan fingerprint density at radius 3 is 2.81 bits per heavy atom. The first kappa shape index (κ1) is 14.7. The molecule has 1 aromatic carbocycles. The van der Waals surface area contributed by atoms with Crippen molar-refractivity contribution in [1.29, 1.82) is 0 Å². The van der Waals surface area contributed by atoms with E-state index in [2.05, 4.69) is 22.6 Å². The molecule has 1 N–H and O–H groups in total. The minimum atomic E-state index is -0.206. The van der Waals surface area contributed by atoms with E-state index in [-0.39, 0.29) is 5.82 Å². The second-order valence-electron chi connectivity index (χ2n) is 6.07. The number of benzene rings is 1. The molecule has 1 fully saturated rings. The van der Waals surface area contributed by atoms with Crippen molar-refractivity contribution in [2.24, 2.45) is 11.8 Å². The molecule has 0 saturated heterocycles. The van der Waals surface area contributed by atoms with Crippen LogP contribution in [0.25, 0.3) is 10.6 Å².